The monoisotopic (exact) mass is 152 g/mol. The molecule has 0 aliphatic rings. The normalized spacial score (nSPS) is 10.5. The molecule has 0 nitrogen and oxygen atoms in total. The van der Waals surface area contributed by atoms with Crippen molar-refractivity contribution in [1.82, 2.24) is 0 Å². The minimum absolute atomic E-state index is 1.19. The van der Waals surface area contributed by atoms with E-state index in [4.69, 9.17) is 0 Å². The first-order valence-corrected chi connectivity index (χ1v) is 6.09. The minimum Gasteiger partial charge on any atom is -0.106 e. The molecular formula is C9H16Si. The van der Waals surface area contributed by atoms with Gasteiger partial charge in [0, 0.05) is 0 Å². The van der Waals surface area contributed by atoms with Crippen molar-refractivity contribution in [2.24, 2.45) is 0 Å². The van der Waals surface area contributed by atoms with Gasteiger partial charge in [0.1, 0.15) is 8.07 Å². The van der Waals surface area contributed by atoms with Crippen molar-refractivity contribution in [3.8, 4) is 0 Å². The lowest BCUT2D eigenvalue weighted by atomic mass is 10.6. The zero-order chi connectivity index (χ0) is 8.04. The van der Waals surface area contributed by atoms with Gasteiger partial charge in [-0.15, -0.1) is 19.7 Å². The first-order chi connectivity index (χ1) is 4.74. The van der Waals surface area contributed by atoms with Crippen LogP contribution in [0, 0.1) is 0 Å². The van der Waals surface area contributed by atoms with Crippen molar-refractivity contribution in [3.05, 3.63) is 36.8 Å². The van der Waals surface area contributed by atoms with Crippen LogP contribution in [0.1, 0.15) is 13.3 Å². The van der Waals surface area contributed by atoms with Crippen LogP contribution in [0.3, 0.4) is 0 Å². The Balaban J connectivity index is 4.29. The summed E-state index contributed by atoms with van der Waals surface area (Å²) >= 11 is 0. The van der Waals surface area contributed by atoms with Crippen LogP contribution in [0.15, 0.2) is 36.8 Å². The summed E-state index contributed by atoms with van der Waals surface area (Å²) in [5.41, 5.74) is 6.11. The van der Waals surface area contributed by atoms with E-state index in [1.165, 1.54) is 12.5 Å². The van der Waals surface area contributed by atoms with Gasteiger partial charge in [-0.05, 0) is 6.04 Å². The molecule has 0 atom stereocenters. The average molecular weight is 152 g/mol. The highest BCUT2D eigenvalue weighted by atomic mass is 28.3. The molecule has 0 aromatic heterocycles. The summed E-state index contributed by atoms with van der Waals surface area (Å²) in [4.78, 5) is 0. The van der Waals surface area contributed by atoms with E-state index < -0.39 is 8.07 Å². The molecule has 0 aliphatic heterocycles. The van der Waals surface area contributed by atoms with Gasteiger partial charge in [-0.1, -0.05) is 30.4 Å². The number of hydrogen-bond donors (Lipinski definition) is 0. The fourth-order valence-corrected chi connectivity index (χ4v) is 2.97. The zero-order valence-corrected chi connectivity index (χ0v) is 7.77. The standard InChI is InChI=1S/C9H16Si/c1-5-9-10(6-2,7-3)8-4/h6-8H,2-5,9H2,1H3. The summed E-state index contributed by atoms with van der Waals surface area (Å²) in [5, 5.41) is 0. The number of hydrogen-bond acceptors (Lipinski definition) is 0. The Bertz CT molecular complexity index is 114. The molecule has 1 heteroatoms. The van der Waals surface area contributed by atoms with E-state index in [0.29, 0.717) is 0 Å². The highest BCUT2D eigenvalue weighted by Gasteiger charge is 2.19. The summed E-state index contributed by atoms with van der Waals surface area (Å²) in [7, 11) is -1.43. The van der Waals surface area contributed by atoms with E-state index in [-0.39, 0.29) is 0 Å². The van der Waals surface area contributed by atoms with Crippen molar-refractivity contribution in [1.29, 1.82) is 0 Å². The summed E-state index contributed by atoms with van der Waals surface area (Å²) in [6.45, 7) is 13.6. The molecule has 0 bridgehead atoms. The van der Waals surface area contributed by atoms with E-state index >= 15 is 0 Å². The molecule has 10 heavy (non-hydrogen) atoms. The average Bonchev–Trinajstić information content (AvgIpc) is 2.01. The Labute approximate surface area is 65.0 Å². The van der Waals surface area contributed by atoms with Gasteiger partial charge in [-0.25, -0.2) is 0 Å². The molecule has 0 unspecified atom stereocenters. The third-order valence-electron chi connectivity index (χ3n) is 1.82. The predicted octanol–water partition coefficient (Wildman–Crippen LogP) is 3.02. The molecule has 0 saturated heterocycles. The van der Waals surface area contributed by atoms with Gasteiger partial charge in [0.15, 0.2) is 0 Å². The topological polar surface area (TPSA) is 0 Å². The molecule has 0 N–H and O–H groups in total. The first-order valence-electron chi connectivity index (χ1n) is 3.65. The second kappa shape index (κ2) is 4.28. The molecule has 0 aromatic rings. The molecule has 0 saturated carbocycles. The summed E-state index contributed by atoms with van der Waals surface area (Å²) in [6.07, 6.45) is 1.19. The Morgan fingerprint density at radius 2 is 1.50 bits per heavy atom. The SMILES string of the molecule is C=C[Si](C=C)(C=C)CCC. The lowest BCUT2D eigenvalue weighted by Gasteiger charge is -2.17. The van der Waals surface area contributed by atoms with Crippen LogP contribution in [-0.2, 0) is 0 Å². The Hall–Kier alpha value is -0.563. The fraction of sp³-hybridized carbons (Fsp3) is 0.333. The van der Waals surface area contributed by atoms with Gasteiger partial charge in [-0.2, -0.15) is 0 Å². The molecule has 0 radical (unpaired) electrons. The van der Waals surface area contributed by atoms with Gasteiger partial charge in [-0.3, -0.25) is 0 Å². The molecule has 56 valence electrons. The molecule has 0 rings (SSSR count). The highest BCUT2D eigenvalue weighted by Crippen LogP contribution is 2.15. The number of rotatable bonds is 5. The van der Waals surface area contributed by atoms with Gasteiger partial charge < -0.3 is 0 Å². The Morgan fingerprint density at radius 1 is 1.10 bits per heavy atom. The minimum atomic E-state index is -1.43. The second-order valence-corrected chi connectivity index (χ2v) is 6.42. The van der Waals surface area contributed by atoms with Crippen LogP contribution >= 0.6 is 0 Å². The second-order valence-electron chi connectivity index (χ2n) is 2.47. The summed E-state index contributed by atoms with van der Waals surface area (Å²) in [6, 6.07) is 1.20. The zero-order valence-electron chi connectivity index (χ0n) is 6.77. The maximum atomic E-state index is 3.81. The van der Waals surface area contributed by atoms with Crippen LogP contribution in [0.5, 0.6) is 0 Å². The lowest BCUT2D eigenvalue weighted by Crippen LogP contribution is -2.25. The molecule has 0 spiro atoms. The third-order valence-corrected chi connectivity index (χ3v) is 5.47. The van der Waals surface area contributed by atoms with Gasteiger partial charge in [0.2, 0.25) is 0 Å². The van der Waals surface area contributed by atoms with Gasteiger partial charge >= 0.3 is 0 Å². The van der Waals surface area contributed by atoms with Crippen LogP contribution in [0.25, 0.3) is 0 Å². The Kier molecular flexibility index (Phi) is 4.04. The molecule has 0 amide bonds. The lowest BCUT2D eigenvalue weighted by molar-refractivity contribution is 1.06. The highest BCUT2D eigenvalue weighted by molar-refractivity contribution is 6.93. The van der Waals surface area contributed by atoms with E-state index in [2.05, 4.69) is 26.7 Å². The maximum absolute atomic E-state index is 3.81. The van der Waals surface area contributed by atoms with E-state index in [1.807, 2.05) is 17.1 Å². The van der Waals surface area contributed by atoms with E-state index in [0.717, 1.165) is 0 Å². The predicted molar refractivity (Wildman–Crippen MR) is 51.4 cm³/mol. The van der Waals surface area contributed by atoms with Crippen LogP contribution < -0.4 is 0 Å². The quantitative estimate of drug-likeness (QED) is 0.531. The first kappa shape index (κ1) is 9.44. The largest absolute Gasteiger partial charge is 0.124 e. The van der Waals surface area contributed by atoms with Crippen molar-refractivity contribution >= 4 is 8.07 Å². The molecule has 0 heterocycles. The van der Waals surface area contributed by atoms with E-state index in [1.54, 1.807) is 0 Å². The molecular weight excluding hydrogens is 136 g/mol. The van der Waals surface area contributed by atoms with Crippen LogP contribution in [-0.4, -0.2) is 8.07 Å². The van der Waals surface area contributed by atoms with Crippen molar-refractivity contribution in [2.45, 2.75) is 19.4 Å². The summed E-state index contributed by atoms with van der Waals surface area (Å²) in [5.74, 6) is 0. The Morgan fingerprint density at radius 3 is 1.60 bits per heavy atom. The van der Waals surface area contributed by atoms with Crippen molar-refractivity contribution < 1.29 is 0 Å². The molecule has 0 aliphatic carbocycles. The van der Waals surface area contributed by atoms with Crippen molar-refractivity contribution in [2.75, 3.05) is 0 Å². The smallest absolute Gasteiger partial charge is 0.106 e. The molecule has 0 aromatic carbocycles. The maximum Gasteiger partial charge on any atom is 0.124 e. The van der Waals surface area contributed by atoms with Gasteiger partial charge in [0.05, 0.1) is 0 Å². The fourth-order valence-electron chi connectivity index (χ4n) is 0.989. The molecule has 0 fully saturated rings. The van der Waals surface area contributed by atoms with Crippen LogP contribution in [0.4, 0.5) is 0 Å². The third kappa shape index (κ3) is 1.99. The van der Waals surface area contributed by atoms with Gasteiger partial charge in [0.25, 0.3) is 0 Å². The van der Waals surface area contributed by atoms with Crippen molar-refractivity contribution in [3.63, 3.8) is 0 Å². The van der Waals surface area contributed by atoms with E-state index in [9.17, 15) is 0 Å². The van der Waals surface area contributed by atoms with Crippen LogP contribution in [0.2, 0.25) is 6.04 Å². The summed E-state index contributed by atoms with van der Waals surface area (Å²) < 4.78 is 0.